The van der Waals surface area contributed by atoms with Crippen LogP contribution in [0.25, 0.3) is 12.2 Å². The van der Waals surface area contributed by atoms with Gasteiger partial charge in [0, 0.05) is 5.75 Å². The molecule has 20 heavy (non-hydrogen) atoms. The fourth-order valence-electron chi connectivity index (χ4n) is 2.03. The Morgan fingerprint density at radius 1 is 1.40 bits per heavy atom. The first-order valence-corrected chi connectivity index (χ1v) is 8.65. The molecule has 2 nitrogen and oxygen atoms in total. The number of allylic oxidation sites excluding steroid dienone is 1. The Kier molecular flexibility index (Phi) is 4.31. The summed E-state index contributed by atoms with van der Waals surface area (Å²) < 4.78 is 6.27. The van der Waals surface area contributed by atoms with Gasteiger partial charge >= 0.3 is 0 Å². The van der Waals surface area contributed by atoms with Crippen molar-refractivity contribution < 1.29 is 4.42 Å². The largest absolute Gasteiger partial charge is 0.435 e. The SMILES string of the molecule is C=Cc1ccc(CSc2nc3c(o2)C(I)CC=C3)cc1. The van der Waals surface area contributed by atoms with Gasteiger partial charge in [-0.15, -0.1) is 0 Å². The summed E-state index contributed by atoms with van der Waals surface area (Å²) in [6.45, 7) is 3.76. The highest BCUT2D eigenvalue weighted by Crippen LogP contribution is 2.37. The first kappa shape index (κ1) is 13.9. The van der Waals surface area contributed by atoms with Gasteiger partial charge in [-0.2, -0.15) is 0 Å². The van der Waals surface area contributed by atoms with Crippen molar-refractivity contribution in [3.05, 3.63) is 59.5 Å². The Bertz CT molecular complexity index is 645. The molecule has 0 amide bonds. The minimum absolute atomic E-state index is 0.404. The molecule has 2 aromatic rings. The second kappa shape index (κ2) is 6.18. The second-order valence-corrected chi connectivity index (χ2v) is 7.00. The average Bonchev–Trinajstić information content (AvgIpc) is 2.90. The molecule has 102 valence electrons. The van der Waals surface area contributed by atoms with Crippen LogP contribution in [0.4, 0.5) is 0 Å². The number of benzene rings is 1. The van der Waals surface area contributed by atoms with Crippen molar-refractivity contribution >= 4 is 46.5 Å². The summed E-state index contributed by atoms with van der Waals surface area (Å²) in [4.78, 5) is 4.54. The second-order valence-electron chi connectivity index (χ2n) is 4.57. The van der Waals surface area contributed by atoms with Gasteiger partial charge in [0.25, 0.3) is 5.22 Å². The van der Waals surface area contributed by atoms with Crippen LogP contribution in [-0.4, -0.2) is 4.98 Å². The van der Waals surface area contributed by atoms with E-state index in [1.807, 2.05) is 6.08 Å². The fraction of sp³-hybridized carbons (Fsp3) is 0.188. The molecule has 4 heteroatoms. The number of rotatable bonds is 4. The predicted molar refractivity (Wildman–Crippen MR) is 93.0 cm³/mol. The quantitative estimate of drug-likeness (QED) is 0.388. The summed E-state index contributed by atoms with van der Waals surface area (Å²) >= 11 is 4.05. The van der Waals surface area contributed by atoms with Gasteiger partial charge in [0.15, 0.2) is 0 Å². The normalized spacial score (nSPS) is 16.9. The van der Waals surface area contributed by atoms with E-state index in [9.17, 15) is 0 Å². The summed E-state index contributed by atoms with van der Waals surface area (Å²) in [5, 5.41) is 0.760. The summed E-state index contributed by atoms with van der Waals surface area (Å²) in [7, 11) is 0. The number of hydrogen-bond donors (Lipinski definition) is 0. The molecule has 0 bridgehead atoms. The van der Waals surface area contributed by atoms with Gasteiger partial charge in [-0.3, -0.25) is 0 Å². The molecule has 0 aliphatic heterocycles. The topological polar surface area (TPSA) is 26.0 Å². The van der Waals surface area contributed by atoms with Gasteiger partial charge in [-0.05, 0) is 23.6 Å². The fourth-order valence-corrected chi connectivity index (χ4v) is 3.56. The Balaban J connectivity index is 1.69. The molecule has 0 radical (unpaired) electrons. The van der Waals surface area contributed by atoms with Crippen LogP contribution in [0.2, 0.25) is 0 Å². The highest BCUT2D eigenvalue weighted by Gasteiger charge is 2.21. The smallest absolute Gasteiger partial charge is 0.256 e. The average molecular weight is 395 g/mol. The van der Waals surface area contributed by atoms with Crippen LogP contribution < -0.4 is 0 Å². The first-order valence-electron chi connectivity index (χ1n) is 6.42. The maximum atomic E-state index is 5.86. The minimum atomic E-state index is 0.404. The molecule has 0 fully saturated rings. The van der Waals surface area contributed by atoms with Crippen LogP contribution in [0, 0.1) is 0 Å². The Hall–Kier alpha value is -1.01. The molecule has 0 saturated carbocycles. The lowest BCUT2D eigenvalue weighted by Crippen LogP contribution is -1.93. The van der Waals surface area contributed by atoms with Crippen LogP contribution in [0.1, 0.15) is 32.9 Å². The van der Waals surface area contributed by atoms with Gasteiger partial charge < -0.3 is 4.42 Å². The van der Waals surface area contributed by atoms with Crippen molar-refractivity contribution in [2.45, 2.75) is 21.3 Å². The van der Waals surface area contributed by atoms with E-state index in [2.05, 4.69) is 70.6 Å². The van der Waals surface area contributed by atoms with Crippen molar-refractivity contribution in [1.82, 2.24) is 4.98 Å². The molecule has 0 spiro atoms. The van der Waals surface area contributed by atoms with E-state index in [-0.39, 0.29) is 0 Å². The molecule has 1 unspecified atom stereocenters. The van der Waals surface area contributed by atoms with Crippen molar-refractivity contribution in [1.29, 1.82) is 0 Å². The number of thioether (sulfide) groups is 1. The maximum Gasteiger partial charge on any atom is 0.256 e. The summed E-state index contributed by atoms with van der Waals surface area (Å²) in [6, 6.07) is 8.39. The summed E-state index contributed by atoms with van der Waals surface area (Å²) in [6.07, 6.45) is 7.09. The molecule has 1 aromatic carbocycles. The number of oxazole rings is 1. The van der Waals surface area contributed by atoms with Crippen LogP contribution in [0.3, 0.4) is 0 Å². The third-order valence-electron chi connectivity index (χ3n) is 3.14. The van der Waals surface area contributed by atoms with Gasteiger partial charge in [0.05, 0.1) is 3.92 Å². The Labute approximate surface area is 136 Å². The molecule has 3 rings (SSSR count). The van der Waals surface area contributed by atoms with Crippen molar-refractivity contribution in [3.63, 3.8) is 0 Å². The molecule has 1 aromatic heterocycles. The summed E-state index contributed by atoms with van der Waals surface area (Å²) in [5.74, 6) is 1.88. The first-order chi connectivity index (χ1) is 9.76. The number of nitrogens with zero attached hydrogens (tertiary/aromatic N) is 1. The van der Waals surface area contributed by atoms with Crippen LogP contribution in [0.5, 0.6) is 0 Å². The highest BCUT2D eigenvalue weighted by atomic mass is 127. The van der Waals surface area contributed by atoms with E-state index in [4.69, 9.17) is 4.42 Å². The van der Waals surface area contributed by atoms with Crippen LogP contribution in [0.15, 0.2) is 46.6 Å². The number of halogens is 1. The van der Waals surface area contributed by atoms with E-state index in [0.717, 1.165) is 34.4 Å². The highest BCUT2D eigenvalue weighted by molar-refractivity contribution is 14.1. The zero-order valence-corrected chi connectivity index (χ0v) is 13.9. The lowest BCUT2D eigenvalue weighted by molar-refractivity contribution is 0.417. The number of hydrogen-bond acceptors (Lipinski definition) is 3. The number of alkyl halides is 1. The van der Waals surface area contributed by atoms with E-state index < -0.39 is 0 Å². The molecule has 1 heterocycles. The Morgan fingerprint density at radius 2 is 2.20 bits per heavy atom. The molecule has 1 atom stereocenters. The van der Waals surface area contributed by atoms with Crippen LogP contribution in [-0.2, 0) is 5.75 Å². The van der Waals surface area contributed by atoms with E-state index >= 15 is 0 Å². The van der Waals surface area contributed by atoms with Crippen LogP contribution >= 0.6 is 34.4 Å². The standard InChI is InChI=1S/C16H14INOS/c1-2-11-6-8-12(9-7-11)10-20-16-18-14-5-3-4-13(17)15(14)19-16/h2-3,5-9,13H,1,4,10H2. The molecule has 1 aliphatic rings. The Morgan fingerprint density at radius 3 is 2.90 bits per heavy atom. The molecular weight excluding hydrogens is 381 g/mol. The summed E-state index contributed by atoms with van der Waals surface area (Å²) in [5.41, 5.74) is 3.39. The van der Waals surface area contributed by atoms with Gasteiger partial charge in [0.2, 0.25) is 0 Å². The molecule has 0 N–H and O–H groups in total. The number of fused-ring (bicyclic) bond motifs is 1. The van der Waals surface area contributed by atoms with Crippen molar-refractivity contribution in [3.8, 4) is 0 Å². The zero-order valence-electron chi connectivity index (χ0n) is 10.9. The lowest BCUT2D eigenvalue weighted by Gasteiger charge is -2.07. The molecule has 0 saturated heterocycles. The van der Waals surface area contributed by atoms with Gasteiger partial charge in [-0.25, -0.2) is 4.98 Å². The van der Waals surface area contributed by atoms with E-state index in [1.54, 1.807) is 11.8 Å². The predicted octanol–water partition coefficient (Wildman–Crippen LogP) is 5.50. The third kappa shape index (κ3) is 3.01. The lowest BCUT2D eigenvalue weighted by atomic mass is 10.1. The van der Waals surface area contributed by atoms with Crippen molar-refractivity contribution in [2.24, 2.45) is 0 Å². The van der Waals surface area contributed by atoms with E-state index in [0.29, 0.717) is 3.92 Å². The zero-order chi connectivity index (χ0) is 13.9. The minimum Gasteiger partial charge on any atom is -0.435 e. The maximum absolute atomic E-state index is 5.86. The molecule has 1 aliphatic carbocycles. The monoisotopic (exact) mass is 395 g/mol. The molecular formula is C16H14INOS. The third-order valence-corrected chi connectivity index (χ3v) is 5.12. The number of aromatic nitrogens is 1. The van der Waals surface area contributed by atoms with E-state index in [1.165, 1.54) is 5.56 Å². The van der Waals surface area contributed by atoms with Gasteiger partial charge in [-0.1, -0.05) is 77.3 Å². The van der Waals surface area contributed by atoms with Crippen molar-refractivity contribution in [2.75, 3.05) is 0 Å². The van der Waals surface area contributed by atoms with Gasteiger partial charge in [0.1, 0.15) is 11.5 Å².